The van der Waals surface area contributed by atoms with Crippen LogP contribution in [0.25, 0.3) is 11.0 Å². The molecule has 0 unspecified atom stereocenters. The van der Waals surface area contributed by atoms with Gasteiger partial charge in [-0.25, -0.2) is 32.0 Å². The van der Waals surface area contributed by atoms with Gasteiger partial charge in [-0.05, 0) is 83.4 Å². The first-order chi connectivity index (χ1) is 24.6. The van der Waals surface area contributed by atoms with Gasteiger partial charge in [0.15, 0.2) is 0 Å². The number of rotatable bonds is 15. The summed E-state index contributed by atoms with van der Waals surface area (Å²) < 4.78 is 68.3. The van der Waals surface area contributed by atoms with E-state index in [0.717, 1.165) is 12.8 Å². The number of amides is 1. The van der Waals surface area contributed by atoms with Crippen LogP contribution in [0.2, 0.25) is 0 Å². The van der Waals surface area contributed by atoms with Crippen LogP contribution in [0.5, 0.6) is 0 Å². The molecule has 3 aromatic rings. The lowest BCUT2D eigenvalue weighted by molar-refractivity contribution is -0.0612. The van der Waals surface area contributed by atoms with Gasteiger partial charge in [-0.3, -0.25) is 9.36 Å². The minimum Gasteiger partial charge on any atom is -0.444 e. The number of likely N-dealkylation sites (tertiary alicyclic amines) is 1. The standard InChI is InChI=1S/C38H51F2N5O6S/c1-6-7-8-16-50-17-10-15-45-34-32(21-31(35(45)46)28-13-18-52(48,49)19-14-28)33(41-25-42-34)43-26(2)29-11-9-12-30(20-29)38(39,40)22-27-23-44(24-27)36(47)51-37(3,4)5/h6,9,11-12,20-21,25-28H,1,7-8,10,13-19,22-24H2,2-5H3,(H,41,42,43)/t26-/m1/s1. The van der Waals surface area contributed by atoms with Gasteiger partial charge < -0.3 is 19.7 Å². The van der Waals surface area contributed by atoms with Crippen LogP contribution in [-0.2, 0) is 31.8 Å². The van der Waals surface area contributed by atoms with Crippen molar-refractivity contribution in [3.63, 3.8) is 0 Å². The van der Waals surface area contributed by atoms with Crippen LogP contribution < -0.4 is 10.9 Å². The highest BCUT2D eigenvalue weighted by Gasteiger charge is 2.42. The van der Waals surface area contributed by atoms with Gasteiger partial charge >= 0.3 is 6.09 Å². The SMILES string of the molecule is C=CCCCOCCCn1c(=O)c(C2CCS(=O)(=O)CC2)cc2c(N[C@H](C)c3cccc(C(F)(F)CC4CN(C(=O)OC(C)(C)C)C4)c3)ncnc21. The first-order valence-electron chi connectivity index (χ1n) is 18.1. The van der Waals surface area contributed by atoms with E-state index in [1.807, 2.05) is 13.0 Å². The molecule has 14 heteroatoms. The Morgan fingerprint density at radius 3 is 2.52 bits per heavy atom. The third-order valence-corrected chi connectivity index (χ3v) is 11.3. The highest BCUT2D eigenvalue weighted by atomic mass is 32.2. The highest BCUT2D eigenvalue weighted by molar-refractivity contribution is 7.91. The number of benzene rings is 1. The van der Waals surface area contributed by atoms with Crippen LogP contribution in [0.4, 0.5) is 19.4 Å². The van der Waals surface area contributed by atoms with E-state index in [9.17, 15) is 18.0 Å². The number of sulfone groups is 1. The van der Waals surface area contributed by atoms with E-state index in [0.29, 0.717) is 67.0 Å². The quantitative estimate of drug-likeness (QED) is 0.129. The molecule has 1 amide bonds. The number of carbonyl (C=O) groups excluding carboxylic acids is 1. The van der Waals surface area contributed by atoms with Crippen LogP contribution in [0.15, 0.2) is 54.1 Å². The molecule has 2 aliphatic rings. The average Bonchev–Trinajstić information content (AvgIpc) is 3.06. The summed E-state index contributed by atoms with van der Waals surface area (Å²) in [6.07, 6.45) is 5.31. The number of hydrogen-bond acceptors (Lipinski definition) is 9. The molecule has 0 aliphatic carbocycles. The zero-order chi connectivity index (χ0) is 37.7. The maximum absolute atomic E-state index is 15.6. The number of aryl methyl sites for hydroxylation is 1. The molecule has 284 valence electrons. The fourth-order valence-electron chi connectivity index (χ4n) is 6.75. The summed E-state index contributed by atoms with van der Waals surface area (Å²) in [4.78, 5) is 36.6. The first kappa shape index (κ1) is 39.3. The third kappa shape index (κ3) is 9.94. The molecule has 2 fully saturated rings. The van der Waals surface area contributed by atoms with Gasteiger partial charge in [0.1, 0.15) is 33.2 Å². The van der Waals surface area contributed by atoms with Gasteiger partial charge in [-0.2, -0.15) is 0 Å². The normalized spacial score (nSPS) is 17.5. The van der Waals surface area contributed by atoms with Gasteiger partial charge in [0.25, 0.3) is 11.5 Å². The second-order valence-electron chi connectivity index (χ2n) is 15.0. The molecule has 1 atom stereocenters. The zero-order valence-corrected chi connectivity index (χ0v) is 31.4. The van der Waals surface area contributed by atoms with Crippen LogP contribution in [-0.4, -0.2) is 77.4 Å². The number of carbonyl (C=O) groups is 1. The largest absolute Gasteiger partial charge is 0.444 e. The topological polar surface area (TPSA) is 133 Å². The third-order valence-electron chi connectivity index (χ3n) is 9.59. The van der Waals surface area contributed by atoms with Gasteiger partial charge in [-0.1, -0.05) is 24.3 Å². The highest BCUT2D eigenvalue weighted by Crippen LogP contribution is 2.39. The Balaban J connectivity index is 1.34. The second-order valence-corrected chi connectivity index (χ2v) is 17.3. The number of nitrogens with zero attached hydrogens (tertiary/aromatic N) is 4. The number of fused-ring (bicyclic) bond motifs is 1. The number of anilines is 1. The summed E-state index contributed by atoms with van der Waals surface area (Å²) in [6.45, 7) is 12.7. The summed E-state index contributed by atoms with van der Waals surface area (Å²) in [7, 11) is -3.15. The number of ether oxygens (including phenoxy) is 2. The lowest BCUT2D eigenvalue weighted by Crippen LogP contribution is -2.52. The Hall–Kier alpha value is -3.91. The van der Waals surface area contributed by atoms with E-state index < -0.39 is 39.9 Å². The van der Waals surface area contributed by atoms with E-state index in [-0.39, 0.29) is 47.6 Å². The molecular weight excluding hydrogens is 693 g/mol. The molecule has 0 bridgehead atoms. The molecule has 4 heterocycles. The van der Waals surface area contributed by atoms with Crippen molar-refractivity contribution in [3.8, 4) is 0 Å². The minimum atomic E-state index is -3.15. The predicted molar refractivity (Wildman–Crippen MR) is 198 cm³/mol. The van der Waals surface area contributed by atoms with Crippen LogP contribution >= 0.6 is 0 Å². The number of alkyl halides is 2. The first-order valence-corrected chi connectivity index (χ1v) is 19.9. The number of aromatic nitrogens is 3. The van der Waals surface area contributed by atoms with Gasteiger partial charge in [0.05, 0.1) is 16.9 Å². The second kappa shape index (κ2) is 16.4. The monoisotopic (exact) mass is 743 g/mol. The molecule has 0 spiro atoms. The smallest absolute Gasteiger partial charge is 0.410 e. The molecule has 11 nitrogen and oxygen atoms in total. The molecule has 1 aromatic carbocycles. The van der Waals surface area contributed by atoms with Crippen molar-refractivity contribution in [1.82, 2.24) is 19.4 Å². The van der Waals surface area contributed by atoms with Crippen molar-refractivity contribution in [2.75, 3.05) is 43.1 Å². The number of pyridine rings is 1. The summed E-state index contributed by atoms with van der Waals surface area (Å²) in [5.74, 6) is -3.23. The van der Waals surface area contributed by atoms with Gasteiger partial charge in [0.2, 0.25) is 0 Å². The summed E-state index contributed by atoms with van der Waals surface area (Å²) >= 11 is 0. The molecule has 0 radical (unpaired) electrons. The van der Waals surface area contributed by atoms with E-state index in [1.54, 1.807) is 43.5 Å². The number of unbranched alkanes of at least 4 members (excludes halogenated alkanes) is 1. The number of allylic oxidation sites excluding steroid dienone is 1. The Labute approximate surface area is 304 Å². The lowest BCUT2D eigenvalue weighted by atomic mass is 9.89. The summed E-state index contributed by atoms with van der Waals surface area (Å²) in [6, 6.07) is 7.60. The Morgan fingerprint density at radius 2 is 1.83 bits per heavy atom. The van der Waals surface area contributed by atoms with Crippen LogP contribution in [0.1, 0.15) is 94.9 Å². The van der Waals surface area contributed by atoms with E-state index in [1.165, 1.54) is 23.4 Å². The van der Waals surface area contributed by atoms with E-state index in [2.05, 4.69) is 21.9 Å². The summed E-state index contributed by atoms with van der Waals surface area (Å²) in [5, 5.41) is 3.96. The number of halogens is 2. The number of hydrogen-bond donors (Lipinski definition) is 1. The maximum Gasteiger partial charge on any atom is 0.410 e. The lowest BCUT2D eigenvalue weighted by Gasteiger charge is -2.41. The molecule has 5 rings (SSSR count). The Bertz CT molecular complexity index is 1890. The Kier molecular flexibility index (Phi) is 12.4. The van der Waals surface area contributed by atoms with Crippen molar-refractivity contribution < 1.29 is 31.5 Å². The number of nitrogens with one attached hydrogen (secondary N) is 1. The molecule has 1 N–H and O–H groups in total. The van der Waals surface area contributed by atoms with Crippen LogP contribution in [0, 0.1) is 5.92 Å². The van der Waals surface area contributed by atoms with Crippen molar-refractivity contribution >= 4 is 32.8 Å². The van der Waals surface area contributed by atoms with E-state index in [4.69, 9.17) is 9.47 Å². The van der Waals surface area contributed by atoms with Crippen molar-refractivity contribution in [2.24, 2.45) is 5.92 Å². The average molecular weight is 744 g/mol. The van der Waals surface area contributed by atoms with E-state index >= 15 is 8.78 Å². The maximum atomic E-state index is 15.6. The Morgan fingerprint density at radius 1 is 1.12 bits per heavy atom. The molecular formula is C38H51F2N5O6S. The van der Waals surface area contributed by atoms with Crippen molar-refractivity contribution in [1.29, 1.82) is 0 Å². The van der Waals surface area contributed by atoms with Crippen molar-refractivity contribution in [2.45, 2.75) is 96.2 Å². The molecule has 2 aliphatic heterocycles. The van der Waals surface area contributed by atoms with Crippen LogP contribution in [0.3, 0.4) is 0 Å². The minimum absolute atomic E-state index is 0.0187. The summed E-state index contributed by atoms with van der Waals surface area (Å²) in [5.41, 5.74) is 0.581. The molecule has 0 saturated carbocycles. The van der Waals surface area contributed by atoms with Gasteiger partial charge in [0, 0.05) is 62.4 Å². The molecule has 52 heavy (non-hydrogen) atoms. The fraction of sp³-hybridized carbons (Fsp3) is 0.579. The van der Waals surface area contributed by atoms with Gasteiger partial charge in [-0.15, -0.1) is 6.58 Å². The van der Waals surface area contributed by atoms with Crippen molar-refractivity contribution in [3.05, 3.63) is 76.4 Å². The fourth-order valence-corrected chi connectivity index (χ4v) is 8.25. The zero-order valence-electron chi connectivity index (χ0n) is 30.6. The predicted octanol–water partition coefficient (Wildman–Crippen LogP) is 6.98. The molecule has 2 aromatic heterocycles. The molecule has 2 saturated heterocycles.